The standard InChI is InChI=1S/C23H38N4O3/c1-4-24-22(27-10-8-23(18-27)9-13-29-19-23)25-17-20-6-5-7-21(16-20)30-15-12-26(2)11-14-28-3/h5-7,16H,4,8-15,17-19H2,1-3H3,(H,24,25). The normalized spacial score (nSPS) is 21.7. The molecule has 0 amide bonds. The lowest BCUT2D eigenvalue weighted by molar-refractivity contribution is 0.150. The van der Waals surface area contributed by atoms with E-state index in [1.54, 1.807) is 7.11 Å². The van der Waals surface area contributed by atoms with Crippen LogP contribution in [0.1, 0.15) is 25.3 Å². The number of benzene rings is 1. The molecular weight excluding hydrogens is 380 g/mol. The van der Waals surface area contributed by atoms with Crippen LogP contribution < -0.4 is 10.1 Å². The fourth-order valence-corrected chi connectivity index (χ4v) is 4.09. The van der Waals surface area contributed by atoms with Crippen LogP contribution in [0.25, 0.3) is 0 Å². The Balaban J connectivity index is 1.52. The summed E-state index contributed by atoms with van der Waals surface area (Å²) in [5, 5.41) is 3.47. The van der Waals surface area contributed by atoms with Crippen molar-refractivity contribution in [3.05, 3.63) is 29.8 Å². The van der Waals surface area contributed by atoms with Crippen LogP contribution in [0.5, 0.6) is 5.75 Å². The summed E-state index contributed by atoms with van der Waals surface area (Å²) in [5.41, 5.74) is 1.49. The van der Waals surface area contributed by atoms with Crippen molar-refractivity contribution < 1.29 is 14.2 Å². The highest BCUT2D eigenvalue weighted by Gasteiger charge is 2.42. The van der Waals surface area contributed by atoms with E-state index in [0.29, 0.717) is 18.6 Å². The average Bonchev–Trinajstić information content (AvgIpc) is 3.39. The van der Waals surface area contributed by atoms with Crippen molar-refractivity contribution in [2.75, 3.05) is 73.3 Å². The Labute approximate surface area is 181 Å². The second-order valence-corrected chi connectivity index (χ2v) is 8.44. The number of methoxy groups -OCH3 is 1. The molecule has 168 valence electrons. The number of likely N-dealkylation sites (N-methyl/N-ethyl adjacent to an activating group) is 1. The van der Waals surface area contributed by atoms with Gasteiger partial charge in [-0.05, 0) is 44.5 Å². The van der Waals surface area contributed by atoms with Crippen LogP contribution in [0, 0.1) is 5.41 Å². The molecule has 2 heterocycles. The summed E-state index contributed by atoms with van der Waals surface area (Å²) in [6, 6.07) is 8.26. The molecule has 0 bridgehead atoms. The lowest BCUT2D eigenvalue weighted by Gasteiger charge is -2.25. The van der Waals surface area contributed by atoms with Crippen LogP contribution in [-0.2, 0) is 16.0 Å². The number of guanidine groups is 1. The van der Waals surface area contributed by atoms with Crippen molar-refractivity contribution in [3.63, 3.8) is 0 Å². The molecule has 1 aromatic rings. The second-order valence-electron chi connectivity index (χ2n) is 8.44. The zero-order valence-electron chi connectivity index (χ0n) is 18.9. The molecule has 3 rings (SSSR count). The van der Waals surface area contributed by atoms with Gasteiger partial charge >= 0.3 is 0 Å². The van der Waals surface area contributed by atoms with Gasteiger partial charge in [0.15, 0.2) is 5.96 Å². The minimum Gasteiger partial charge on any atom is -0.492 e. The van der Waals surface area contributed by atoms with Crippen molar-refractivity contribution in [1.82, 2.24) is 15.1 Å². The van der Waals surface area contributed by atoms with E-state index in [9.17, 15) is 0 Å². The molecule has 2 fully saturated rings. The minimum atomic E-state index is 0.334. The highest BCUT2D eigenvalue weighted by atomic mass is 16.5. The maximum atomic E-state index is 5.94. The highest BCUT2D eigenvalue weighted by Crippen LogP contribution is 2.38. The van der Waals surface area contributed by atoms with Crippen molar-refractivity contribution in [3.8, 4) is 5.75 Å². The summed E-state index contributed by atoms with van der Waals surface area (Å²) in [7, 11) is 3.81. The Hall–Kier alpha value is -1.83. The zero-order chi connectivity index (χ0) is 21.2. The van der Waals surface area contributed by atoms with E-state index < -0.39 is 0 Å². The lowest BCUT2D eigenvalue weighted by Crippen LogP contribution is -2.41. The van der Waals surface area contributed by atoms with Crippen LogP contribution >= 0.6 is 0 Å². The van der Waals surface area contributed by atoms with Crippen molar-refractivity contribution in [1.29, 1.82) is 0 Å². The second kappa shape index (κ2) is 11.5. The average molecular weight is 419 g/mol. The predicted octanol–water partition coefficient (Wildman–Crippen LogP) is 2.22. The first-order chi connectivity index (χ1) is 14.6. The minimum absolute atomic E-state index is 0.334. The molecule has 30 heavy (non-hydrogen) atoms. The van der Waals surface area contributed by atoms with Crippen LogP contribution in [0.3, 0.4) is 0 Å². The van der Waals surface area contributed by atoms with Crippen molar-refractivity contribution in [2.24, 2.45) is 10.4 Å². The molecule has 0 saturated carbocycles. The Bertz CT molecular complexity index is 676. The maximum Gasteiger partial charge on any atom is 0.194 e. The van der Waals surface area contributed by atoms with E-state index in [-0.39, 0.29) is 0 Å². The van der Waals surface area contributed by atoms with Gasteiger partial charge in [-0.1, -0.05) is 12.1 Å². The van der Waals surface area contributed by atoms with Crippen LogP contribution in [0.15, 0.2) is 29.3 Å². The zero-order valence-corrected chi connectivity index (χ0v) is 18.9. The molecule has 1 aromatic carbocycles. The van der Waals surface area contributed by atoms with Gasteiger partial charge < -0.3 is 29.3 Å². The summed E-state index contributed by atoms with van der Waals surface area (Å²) in [6.45, 7) is 10.7. The molecule has 7 nitrogen and oxygen atoms in total. The molecule has 0 aliphatic carbocycles. The third kappa shape index (κ3) is 6.59. The SMILES string of the molecule is CCNC(=NCc1cccc(OCCN(C)CCOC)c1)N1CCC2(CCOC2)C1. The van der Waals surface area contributed by atoms with E-state index in [1.165, 1.54) is 12.8 Å². The highest BCUT2D eigenvalue weighted by molar-refractivity contribution is 5.80. The van der Waals surface area contributed by atoms with Crippen molar-refractivity contribution in [2.45, 2.75) is 26.3 Å². The molecule has 1 N–H and O–H groups in total. The number of likely N-dealkylation sites (tertiary alicyclic amines) is 1. The molecule has 0 radical (unpaired) electrons. The Morgan fingerprint density at radius 2 is 2.17 bits per heavy atom. The molecule has 1 atom stereocenters. The van der Waals surface area contributed by atoms with Gasteiger partial charge in [-0.2, -0.15) is 0 Å². The van der Waals surface area contributed by atoms with E-state index in [2.05, 4.69) is 41.2 Å². The first-order valence-corrected chi connectivity index (χ1v) is 11.1. The molecule has 2 aliphatic heterocycles. The fraction of sp³-hybridized carbons (Fsp3) is 0.696. The van der Waals surface area contributed by atoms with Crippen molar-refractivity contribution >= 4 is 5.96 Å². The van der Waals surface area contributed by atoms with E-state index in [1.807, 2.05) is 12.1 Å². The smallest absolute Gasteiger partial charge is 0.194 e. The van der Waals surface area contributed by atoms with Crippen LogP contribution in [-0.4, -0.2) is 89.1 Å². The summed E-state index contributed by atoms with van der Waals surface area (Å²) in [6.07, 6.45) is 2.36. The van der Waals surface area contributed by atoms with E-state index >= 15 is 0 Å². The molecular formula is C23H38N4O3. The first kappa shape index (κ1) is 22.8. The quantitative estimate of drug-likeness (QED) is 0.465. The summed E-state index contributed by atoms with van der Waals surface area (Å²) >= 11 is 0. The monoisotopic (exact) mass is 418 g/mol. The Morgan fingerprint density at radius 3 is 2.93 bits per heavy atom. The number of hydrogen-bond donors (Lipinski definition) is 1. The topological polar surface area (TPSA) is 58.6 Å². The van der Waals surface area contributed by atoms with Gasteiger partial charge in [-0.25, -0.2) is 4.99 Å². The van der Waals surface area contributed by atoms with Gasteiger partial charge in [0.05, 0.1) is 19.8 Å². The van der Waals surface area contributed by atoms with Gasteiger partial charge in [0.2, 0.25) is 0 Å². The number of hydrogen-bond acceptors (Lipinski definition) is 5. The maximum absolute atomic E-state index is 5.94. The van der Waals surface area contributed by atoms with Crippen LogP contribution in [0.4, 0.5) is 0 Å². The Kier molecular flexibility index (Phi) is 8.78. The third-order valence-corrected chi connectivity index (χ3v) is 5.99. The molecule has 2 saturated heterocycles. The largest absolute Gasteiger partial charge is 0.492 e. The van der Waals surface area contributed by atoms with Gasteiger partial charge in [0.25, 0.3) is 0 Å². The van der Waals surface area contributed by atoms with E-state index in [0.717, 1.165) is 69.8 Å². The third-order valence-electron chi connectivity index (χ3n) is 5.99. The first-order valence-electron chi connectivity index (χ1n) is 11.1. The van der Waals surface area contributed by atoms with Gasteiger partial charge in [-0.3, -0.25) is 0 Å². The number of rotatable bonds is 10. The van der Waals surface area contributed by atoms with Gasteiger partial charge in [0, 0.05) is 51.9 Å². The number of ether oxygens (including phenoxy) is 3. The number of nitrogens with zero attached hydrogens (tertiary/aromatic N) is 3. The van der Waals surface area contributed by atoms with E-state index in [4.69, 9.17) is 19.2 Å². The number of nitrogens with one attached hydrogen (secondary N) is 1. The van der Waals surface area contributed by atoms with Gasteiger partial charge in [-0.15, -0.1) is 0 Å². The fourth-order valence-electron chi connectivity index (χ4n) is 4.09. The molecule has 0 aromatic heterocycles. The van der Waals surface area contributed by atoms with Gasteiger partial charge in [0.1, 0.15) is 12.4 Å². The molecule has 2 aliphatic rings. The molecule has 1 spiro atoms. The van der Waals surface area contributed by atoms with Crippen LogP contribution in [0.2, 0.25) is 0 Å². The molecule has 7 heteroatoms. The summed E-state index contributed by atoms with van der Waals surface area (Å²) < 4.78 is 16.7. The summed E-state index contributed by atoms with van der Waals surface area (Å²) in [4.78, 5) is 9.52. The predicted molar refractivity (Wildman–Crippen MR) is 120 cm³/mol. The lowest BCUT2D eigenvalue weighted by atomic mass is 9.87. The number of aliphatic imine (C=N–C) groups is 1. The summed E-state index contributed by atoms with van der Waals surface area (Å²) in [5.74, 6) is 1.91. The Morgan fingerprint density at radius 1 is 1.30 bits per heavy atom. The molecule has 1 unspecified atom stereocenters.